The number of thioether (sulfide) groups is 2. The minimum Gasteiger partial charge on any atom is -0.494 e. The zero-order valence-electron chi connectivity index (χ0n) is 24.2. The van der Waals surface area contributed by atoms with E-state index in [0.717, 1.165) is 15.8 Å². The van der Waals surface area contributed by atoms with Crippen molar-refractivity contribution in [3.05, 3.63) is 47.8 Å². The number of carbonyl (C=O) groups is 2. The van der Waals surface area contributed by atoms with Gasteiger partial charge in [-0.3, -0.25) is 19.5 Å². The Balaban J connectivity index is 1.53. The number of ether oxygens (including phenoxy) is 4. The van der Waals surface area contributed by atoms with Crippen molar-refractivity contribution >= 4 is 51.8 Å². The number of rotatable bonds is 15. The van der Waals surface area contributed by atoms with E-state index < -0.39 is 0 Å². The van der Waals surface area contributed by atoms with Crippen molar-refractivity contribution in [3.63, 3.8) is 0 Å². The highest BCUT2D eigenvalue weighted by Gasteiger charge is 2.20. The fraction of sp³-hybridized carbons (Fsp3) is 0.333. The molecular formula is C27H31N7O6S3. The van der Waals surface area contributed by atoms with Crippen LogP contribution >= 0.6 is 34.9 Å². The molecule has 0 aliphatic carbocycles. The van der Waals surface area contributed by atoms with Crippen molar-refractivity contribution in [1.29, 1.82) is 0 Å². The zero-order chi connectivity index (χ0) is 30.8. The number of hydrogen-bond acceptors (Lipinski definition) is 13. The molecule has 0 unspecified atom stereocenters. The van der Waals surface area contributed by atoms with Gasteiger partial charge in [0.25, 0.3) is 5.91 Å². The molecule has 4 aromatic rings. The third-order valence-electron chi connectivity index (χ3n) is 5.69. The Morgan fingerprint density at radius 3 is 2.28 bits per heavy atom. The Morgan fingerprint density at radius 1 is 0.930 bits per heavy atom. The largest absolute Gasteiger partial charge is 0.494 e. The molecule has 2 aromatic heterocycles. The summed E-state index contributed by atoms with van der Waals surface area (Å²) >= 11 is 4.09. The molecule has 0 aliphatic heterocycles. The van der Waals surface area contributed by atoms with Crippen molar-refractivity contribution in [1.82, 2.24) is 30.3 Å². The van der Waals surface area contributed by atoms with Crippen LogP contribution in [0.1, 0.15) is 30.0 Å². The van der Waals surface area contributed by atoms with Crippen LogP contribution < -0.4 is 29.6 Å². The molecule has 0 radical (unpaired) electrons. The first kappa shape index (κ1) is 31.9. The van der Waals surface area contributed by atoms with Gasteiger partial charge in [0, 0.05) is 11.3 Å². The lowest BCUT2D eigenvalue weighted by Gasteiger charge is -2.14. The quantitative estimate of drug-likeness (QED) is 0.140. The number of benzene rings is 2. The van der Waals surface area contributed by atoms with Crippen LogP contribution in [-0.4, -0.2) is 76.2 Å². The molecule has 0 atom stereocenters. The van der Waals surface area contributed by atoms with Crippen LogP contribution in [0.4, 0.5) is 5.13 Å². The van der Waals surface area contributed by atoms with E-state index >= 15 is 0 Å². The third kappa shape index (κ3) is 8.09. The summed E-state index contributed by atoms with van der Waals surface area (Å²) in [5, 5.41) is 23.3. The third-order valence-corrected chi connectivity index (χ3v) is 8.48. The summed E-state index contributed by atoms with van der Waals surface area (Å²) in [4.78, 5) is 25.8. The highest BCUT2D eigenvalue weighted by molar-refractivity contribution is 8.01. The predicted octanol–water partition coefficient (Wildman–Crippen LogP) is 4.32. The molecule has 2 aromatic carbocycles. The lowest BCUT2D eigenvalue weighted by molar-refractivity contribution is -0.113. The second-order valence-corrected chi connectivity index (χ2v) is 11.8. The van der Waals surface area contributed by atoms with Crippen LogP contribution in [0, 0.1) is 0 Å². The van der Waals surface area contributed by atoms with E-state index in [-0.39, 0.29) is 24.1 Å². The molecular weight excluding hydrogens is 615 g/mol. The number of anilines is 1. The van der Waals surface area contributed by atoms with Crippen LogP contribution in [0.5, 0.6) is 23.0 Å². The molecule has 0 aliphatic rings. The first-order chi connectivity index (χ1) is 20.9. The number of methoxy groups -OCH3 is 3. The summed E-state index contributed by atoms with van der Waals surface area (Å²) in [5.74, 6) is 2.55. The molecule has 0 bridgehead atoms. The lowest BCUT2D eigenvalue weighted by atomic mass is 10.1. The van der Waals surface area contributed by atoms with Gasteiger partial charge in [-0.2, -0.15) is 0 Å². The predicted molar refractivity (Wildman–Crippen MR) is 165 cm³/mol. The van der Waals surface area contributed by atoms with E-state index in [2.05, 4.69) is 31.0 Å². The smallest absolute Gasteiger partial charge is 0.251 e. The molecule has 0 saturated heterocycles. The van der Waals surface area contributed by atoms with Gasteiger partial charge in [0.2, 0.25) is 16.8 Å². The number of nitrogens with one attached hydrogen (secondary N) is 2. The molecule has 13 nitrogen and oxygen atoms in total. The van der Waals surface area contributed by atoms with Crippen LogP contribution in [0.3, 0.4) is 0 Å². The van der Waals surface area contributed by atoms with Crippen LogP contribution in [0.25, 0.3) is 5.69 Å². The number of nitrogens with zero attached hydrogens (tertiary/aromatic N) is 5. The van der Waals surface area contributed by atoms with E-state index in [1.54, 1.807) is 28.5 Å². The zero-order valence-corrected chi connectivity index (χ0v) is 26.7. The molecule has 0 fully saturated rings. The van der Waals surface area contributed by atoms with Crippen molar-refractivity contribution in [3.8, 4) is 28.7 Å². The van der Waals surface area contributed by atoms with Crippen molar-refractivity contribution in [2.24, 2.45) is 0 Å². The summed E-state index contributed by atoms with van der Waals surface area (Å²) in [7, 11) is 4.45. The van der Waals surface area contributed by atoms with Crippen molar-refractivity contribution < 1.29 is 28.5 Å². The van der Waals surface area contributed by atoms with Gasteiger partial charge in [0.1, 0.15) is 5.75 Å². The van der Waals surface area contributed by atoms with E-state index in [0.29, 0.717) is 51.3 Å². The van der Waals surface area contributed by atoms with E-state index in [4.69, 9.17) is 18.9 Å². The van der Waals surface area contributed by atoms with Crippen molar-refractivity contribution in [2.75, 3.05) is 44.8 Å². The summed E-state index contributed by atoms with van der Waals surface area (Å²) in [5.41, 5.74) is 1.05. The molecule has 2 amide bonds. The average molecular weight is 646 g/mol. The molecule has 228 valence electrons. The average Bonchev–Trinajstić information content (AvgIpc) is 3.64. The molecule has 2 N–H and O–H groups in total. The molecule has 16 heteroatoms. The minimum atomic E-state index is -0.383. The lowest BCUT2D eigenvalue weighted by Crippen LogP contribution is -2.25. The molecule has 4 rings (SSSR count). The number of hydrogen-bond donors (Lipinski definition) is 2. The molecule has 0 spiro atoms. The van der Waals surface area contributed by atoms with Gasteiger partial charge >= 0.3 is 0 Å². The SMILES string of the molecule is CCOc1ccc(-n2c(CNC(=O)c3cc(OC)c(OC)c(OC)c3)nnc2SCC(=O)Nc2nnc(SCC)s2)cc1. The van der Waals surface area contributed by atoms with Crippen LogP contribution in [-0.2, 0) is 11.3 Å². The second kappa shape index (κ2) is 15.5. The maximum atomic E-state index is 13.1. The monoisotopic (exact) mass is 645 g/mol. The standard InChI is InChI=1S/C27H31N7O6S3/c1-6-40-18-10-8-17(9-11-18)34-21(14-28-24(36)16-12-19(37-3)23(39-5)20(13-16)38-4)30-32-26(34)42-15-22(35)29-25-31-33-27(43-25)41-7-2/h8-13H,6-7,14-15H2,1-5H3,(H,28,36)(H,29,31,35). The van der Waals surface area contributed by atoms with Gasteiger partial charge in [0.05, 0.1) is 40.2 Å². The Kier molecular flexibility index (Phi) is 11.5. The summed E-state index contributed by atoms with van der Waals surface area (Å²) in [6, 6.07) is 10.5. The fourth-order valence-electron chi connectivity index (χ4n) is 3.83. The minimum absolute atomic E-state index is 0.0467. The Bertz CT molecular complexity index is 1520. The Hall–Kier alpha value is -4.02. The summed E-state index contributed by atoms with van der Waals surface area (Å²) in [6.45, 7) is 4.51. The van der Waals surface area contributed by atoms with Gasteiger partial charge in [-0.05, 0) is 49.1 Å². The van der Waals surface area contributed by atoms with E-state index in [9.17, 15) is 9.59 Å². The van der Waals surface area contributed by atoms with Gasteiger partial charge in [-0.25, -0.2) is 0 Å². The second-order valence-electron chi connectivity index (χ2n) is 8.40. The van der Waals surface area contributed by atoms with Gasteiger partial charge in [-0.1, -0.05) is 41.8 Å². The number of amides is 2. The van der Waals surface area contributed by atoms with Gasteiger partial charge < -0.3 is 24.3 Å². The van der Waals surface area contributed by atoms with Gasteiger partial charge in [-0.15, -0.1) is 20.4 Å². The maximum absolute atomic E-state index is 13.1. The topological polar surface area (TPSA) is 152 Å². The first-order valence-electron chi connectivity index (χ1n) is 13.0. The van der Waals surface area contributed by atoms with E-state index in [1.807, 2.05) is 38.1 Å². The van der Waals surface area contributed by atoms with Crippen LogP contribution in [0.15, 0.2) is 45.9 Å². The molecule has 43 heavy (non-hydrogen) atoms. The normalized spacial score (nSPS) is 10.7. The summed E-state index contributed by atoms with van der Waals surface area (Å²) in [6.07, 6.45) is 0. The highest BCUT2D eigenvalue weighted by atomic mass is 32.2. The maximum Gasteiger partial charge on any atom is 0.251 e. The number of aromatic nitrogens is 5. The Morgan fingerprint density at radius 2 is 1.65 bits per heavy atom. The summed E-state index contributed by atoms with van der Waals surface area (Å²) < 4.78 is 24.2. The molecule has 0 saturated carbocycles. The van der Waals surface area contributed by atoms with Crippen molar-refractivity contribution in [2.45, 2.75) is 29.9 Å². The van der Waals surface area contributed by atoms with E-state index in [1.165, 1.54) is 44.4 Å². The highest BCUT2D eigenvalue weighted by Crippen LogP contribution is 2.38. The Labute approximate surface area is 261 Å². The number of carbonyl (C=O) groups excluding carboxylic acids is 2. The fourth-order valence-corrected chi connectivity index (χ4v) is 6.26. The molecule has 2 heterocycles. The van der Waals surface area contributed by atoms with Crippen LogP contribution in [0.2, 0.25) is 0 Å². The first-order valence-corrected chi connectivity index (χ1v) is 15.8. The van der Waals surface area contributed by atoms with Gasteiger partial charge in [0.15, 0.2) is 26.8 Å².